The molecule has 31 heavy (non-hydrogen) atoms. The number of Topliss-reactive ketones (excluding diaryl/α,β-unsaturated/α-hetero) is 1. The minimum atomic E-state index is 0.0479. The third-order valence-electron chi connectivity index (χ3n) is 5.03. The average molecular weight is 430 g/mol. The number of hydrogen-bond acceptors (Lipinski definition) is 5. The van der Waals surface area contributed by atoms with Crippen molar-refractivity contribution >= 4 is 17.5 Å². The number of carbonyl (C=O) groups excluding carboxylic acids is 1. The highest BCUT2D eigenvalue weighted by atomic mass is 32.2. The molecule has 0 radical (unpaired) electrons. The second-order valence-electron chi connectivity index (χ2n) is 7.29. The third-order valence-corrected chi connectivity index (χ3v) is 6.00. The molecule has 6 heteroatoms. The van der Waals surface area contributed by atoms with E-state index in [0.29, 0.717) is 28.7 Å². The third kappa shape index (κ3) is 5.03. The van der Waals surface area contributed by atoms with Gasteiger partial charge in [-0.15, -0.1) is 10.2 Å². The number of ketones is 1. The highest BCUT2D eigenvalue weighted by Gasteiger charge is 2.18. The van der Waals surface area contributed by atoms with Crippen molar-refractivity contribution in [1.82, 2.24) is 14.8 Å². The van der Waals surface area contributed by atoms with E-state index >= 15 is 0 Å². The van der Waals surface area contributed by atoms with E-state index in [9.17, 15) is 9.90 Å². The molecular weight excluding hydrogens is 406 g/mol. The van der Waals surface area contributed by atoms with Crippen molar-refractivity contribution in [3.8, 4) is 17.1 Å². The highest BCUT2D eigenvalue weighted by molar-refractivity contribution is 7.99. The second kappa shape index (κ2) is 9.62. The number of para-hydroxylation sites is 1. The lowest BCUT2D eigenvalue weighted by molar-refractivity contribution is 0.102. The quantitative estimate of drug-likeness (QED) is 0.309. The minimum Gasteiger partial charge on any atom is -0.507 e. The minimum absolute atomic E-state index is 0.0479. The maximum atomic E-state index is 12.6. The molecule has 4 rings (SSSR count). The standard InChI is InChI=1S/C25H23N3O2S/c1-18-11-13-20(14-12-18)23(30)17-31-25-27-26-24(21-9-5-6-10-22(21)29)28(25)16-15-19-7-3-2-4-8-19/h2-14,29H,15-17H2,1H3. The first kappa shape index (κ1) is 20.9. The lowest BCUT2D eigenvalue weighted by Gasteiger charge is -2.11. The molecule has 4 aromatic rings. The van der Waals surface area contributed by atoms with E-state index in [1.165, 1.54) is 17.3 Å². The van der Waals surface area contributed by atoms with Crippen LogP contribution in [0.1, 0.15) is 21.5 Å². The Morgan fingerprint density at radius 3 is 2.39 bits per heavy atom. The van der Waals surface area contributed by atoms with Crippen molar-refractivity contribution in [1.29, 1.82) is 0 Å². The number of thioether (sulfide) groups is 1. The van der Waals surface area contributed by atoms with Gasteiger partial charge in [-0.05, 0) is 31.0 Å². The zero-order valence-corrected chi connectivity index (χ0v) is 18.0. The summed E-state index contributed by atoms with van der Waals surface area (Å²) in [5.41, 5.74) is 3.64. The van der Waals surface area contributed by atoms with Gasteiger partial charge in [0.2, 0.25) is 0 Å². The average Bonchev–Trinajstić information content (AvgIpc) is 3.20. The Bertz CT molecular complexity index is 1170. The van der Waals surface area contributed by atoms with Crippen LogP contribution in [-0.2, 0) is 13.0 Å². The fourth-order valence-electron chi connectivity index (χ4n) is 3.30. The summed E-state index contributed by atoms with van der Waals surface area (Å²) in [7, 11) is 0. The largest absolute Gasteiger partial charge is 0.507 e. The van der Waals surface area contributed by atoms with Crippen LogP contribution in [0.15, 0.2) is 84.0 Å². The number of phenols is 1. The molecule has 0 saturated carbocycles. The monoisotopic (exact) mass is 429 g/mol. The van der Waals surface area contributed by atoms with Crippen LogP contribution < -0.4 is 0 Å². The zero-order chi connectivity index (χ0) is 21.6. The molecule has 0 aliphatic rings. The van der Waals surface area contributed by atoms with Crippen molar-refractivity contribution < 1.29 is 9.90 Å². The van der Waals surface area contributed by atoms with E-state index in [1.807, 2.05) is 66.1 Å². The van der Waals surface area contributed by atoms with Gasteiger partial charge in [0, 0.05) is 12.1 Å². The lowest BCUT2D eigenvalue weighted by Crippen LogP contribution is -2.08. The summed E-state index contributed by atoms with van der Waals surface area (Å²) in [6, 6.07) is 24.9. The predicted molar refractivity (Wildman–Crippen MR) is 124 cm³/mol. The first-order valence-corrected chi connectivity index (χ1v) is 11.1. The van der Waals surface area contributed by atoms with Crippen molar-refractivity contribution in [2.24, 2.45) is 0 Å². The Hall–Kier alpha value is -3.38. The number of rotatable bonds is 8. The van der Waals surface area contributed by atoms with Crippen molar-refractivity contribution in [3.05, 3.63) is 95.6 Å². The molecule has 5 nitrogen and oxygen atoms in total. The molecule has 0 aliphatic heterocycles. The Labute approximate surface area is 185 Å². The van der Waals surface area contributed by atoms with Crippen LogP contribution in [0.4, 0.5) is 0 Å². The maximum absolute atomic E-state index is 12.6. The van der Waals surface area contributed by atoms with E-state index in [4.69, 9.17) is 0 Å². The second-order valence-corrected chi connectivity index (χ2v) is 8.23. The van der Waals surface area contributed by atoms with E-state index in [1.54, 1.807) is 12.1 Å². The van der Waals surface area contributed by atoms with E-state index in [2.05, 4.69) is 22.3 Å². The van der Waals surface area contributed by atoms with Gasteiger partial charge in [0.05, 0.1) is 11.3 Å². The van der Waals surface area contributed by atoms with Crippen LogP contribution >= 0.6 is 11.8 Å². The molecule has 1 heterocycles. The molecule has 0 fully saturated rings. The molecule has 3 aromatic carbocycles. The highest BCUT2D eigenvalue weighted by Crippen LogP contribution is 2.30. The van der Waals surface area contributed by atoms with Crippen LogP contribution in [-0.4, -0.2) is 31.4 Å². The molecule has 1 N–H and O–H groups in total. The van der Waals surface area contributed by atoms with Gasteiger partial charge in [-0.3, -0.25) is 4.79 Å². The Morgan fingerprint density at radius 2 is 1.65 bits per heavy atom. The summed E-state index contributed by atoms with van der Waals surface area (Å²) in [5.74, 6) is 1.07. The van der Waals surface area contributed by atoms with Gasteiger partial charge in [0.1, 0.15) is 5.75 Å². The van der Waals surface area contributed by atoms with Gasteiger partial charge >= 0.3 is 0 Å². The number of phenolic OH excluding ortho intramolecular Hbond substituents is 1. The Morgan fingerprint density at radius 1 is 0.935 bits per heavy atom. The summed E-state index contributed by atoms with van der Waals surface area (Å²) in [4.78, 5) is 12.6. The van der Waals surface area contributed by atoms with Crippen molar-refractivity contribution in [2.45, 2.75) is 25.0 Å². The molecule has 0 aliphatic carbocycles. The van der Waals surface area contributed by atoms with E-state index < -0.39 is 0 Å². The first-order valence-electron chi connectivity index (χ1n) is 10.1. The first-order chi connectivity index (χ1) is 15.1. The summed E-state index contributed by atoms with van der Waals surface area (Å²) >= 11 is 1.37. The van der Waals surface area contributed by atoms with Crippen LogP contribution in [0.25, 0.3) is 11.4 Å². The number of aromatic nitrogens is 3. The predicted octanol–water partition coefficient (Wildman–Crippen LogP) is 5.18. The molecule has 0 unspecified atom stereocenters. The molecule has 0 amide bonds. The number of nitrogens with zero attached hydrogens (tertiary/aromatic N) is 3. The fourth-order valence-corrected chi connectivity index (χ4v) is 4.16. The van der Waals surface area contributed by atoms with Crippen molar-refractivity contribution in [2.75, 3.05) is 5.75 Å². The number of carbonyl (C=O) groups is 1. The smallest absolute Gasteiger partial charge is 0.191 e. The normalized spacial score (nSPS) is 10.9. The Kier molecular flexibility index (Phi) is 6.48. The van der Waals surface area contributed by atoms with E-state index in [0.717, 1.165) is 12.0 Å². The van der Waals surface area contributed by atoms with Crippen LogP contribution in [0.5, 0.6) is 5.75 Å². The zero-order valence-electron chi connectivity index (χ0n) is 17.2. The van der Waals surface area contributed by atoms with Gasteiger partial charge in [-0.25, -0.2) is 0 Å². The number of hydrogen-bond donors (Lipinski definition) is 1. The Balaban J connectivity index is 1.58. The number of aromatic hydroxyl groups is 1. The van der Waals surface area contributed by atoms with Crippen LogP contribution in [0, 0.1) is 6.92 Å². The summed E-state index contributed by atoms with van der Waals surface area (Å²) in [5, 5.41) is 19.7. The van der Waals surface area contributed by atoms with E-state index in [-0.39, 0.29) is 17.3 Å². The molecule has 0 saturated heterocycles. The lowest BCUT2D eigenvalue weighted by atomic mass is 10.1. The van der Waals surface area contributed by atoms with Gasteiger partial charge in [0.25, 0.3) is 0 Å². The van der Waals surface area contributed by atoms with Gasteiger partial charge in [0.15, 0.2) is 16.8 Å². The SMILES string of the molecule is Cc1ccc(C(=O)CSc2nnc(-c3ccccc3O)n2CCc2ccccc2)cc1. The number of benzene rings is 3. The summed E-state index contributed by atoms with van der Waals surface area (Å²) < 4.78 is 1.98. The van der Waals surface area contributed by atoms with Gasteiger partial charge in [-0.1, -0.05) is 84.1 Å². The van der Waals surface area contributed by atoms with Crippen LogP contribution in [0.3, 0.4) is 0 Å². The van der Waals surface area contributed by atoms with Crippen LogP contribution in [0.2, 0.25) is 0 Å². The molecule has 0 atom stereocenters. The molecule has 1 aromatic heterocycles. The molecular formula is C25H23N3O2S. The summed E-state index contributed by atoms with van der Waals surface area (Å²) in [6.45, 7) is 2.64. The molecule has 156 valence electrons. The van der Waals surface area contributed by atoms with Gasteiger partial charge in [-0.2, -0.15) is 0 Å². The molecule has 0 spiro atoms. The molecule has 0 bridgehead atoms. The van der Waals surface area contributed by atoms with Crippen molar-refractivity contribution in [3.63, 3.8) is 0 Å². The maximum Gasteiger partial charge on any atom is 0.191 e. The van der Waals surface area contributed by atoms with Gasteiger partial charge < -0.3 is 9.67 Å². The number of aryl methyl sites for hydroxylation is 2. The summed E-state index contributed by atoms with van der Waals surface area (Å²) in [6.07, 6.45) is 0.791. The fraction of sp³-hybridized carbons (Fsp3) is 0.160. The topological polar surface area (TPSA) is 68.0 Å².